The van der Waals surface area contributed by atoms with Crippen molar-refractivity contribution in [3.05, 3.63) is 24.3 Å². The van der Waals surface area contributed by atoms with Crippen molar-refractivity contribution in [1.82, 2.24) is 4.72 Å². The second-order valence-electron chi connectivity index (χ2n) is 6.43. The van der Waals surface area contributed by atoms with E-state index in [1.807, 2.05) is 0 Å². The Kier molecular flexibility index (Phi) is 4.83. The first-order chi connectivity index (χ1) is 11.5. The van der Waals surface area contributed by atoms with E-state index < -0.39 is 21.8 Å². The lowest BCUT2D eigenvalue weighted by Gasteiger charge is -2.46. The molecule has 132 valence electrons. The number of benzene rings is 1. The van der Waals surface area contributed by atoms with E-state index in [0.29, 0.717) is 13.0 Å². The summed E-state index contributed by atoms with van der Waals surface area (Å²) in [5.41, 5.74) is -0.0444. The molecule has 1 unspecified atom stereocenters. The van der Waals surface area contributed by atoms with Crippen LogP contribution in [0.25, 0.3) is 0 Å². The van der Waals surface area contributed by atoms with Crippen molar-refractivity contribution in [2.45, 2.75) is 49.5 Å². The lowest BCUT2D eigenvalue weighted by atomic mass is 9.74. The van der Waals surface area contributed by atoms with Crippen LogP contribution in [0.4, 0.5) is 0 Å². The van der Waals surface area contributed by atoms with Gasteiger partial charge in [0.05, 0.1) is 24.7 Å². The Bertz CT molecular complexity index is 701. The second-order valence-corrected chi connectivity index (χ2v) is 8.08. The monoisotopic (exact) mass is 353 g/mol. The highest BCUT2D eigenvalue weighted by atomic mass is 32.2. The van der Waals surface area contributed by atoms with E-state index in [1.165, 1.54) is 12.5 Å². The minimum Gasteiger partial charge on any atom is -0.492 e. The fourth-order valence-corrected chi connectivity index (χ4v) is 4.45. The number of sulfonamides is 1. The van der Waals surface area contributed by atoms with Crippen molar-refractivity contribution in [1.29, 1.82) is 0 Å². The Morgan fingerprint density at radius 1 is 1.33 bits per heavy atom. The topological polar surface area (TPSA) is 81.7 Å². The molecule has 1 amide bonds. The number of hydrogen-bond donors (Lipinski definition) is 1. The number of carbonyl (C=O) groups excluding carboxylic acids is 1. The minimum absolute atomic E-state index is 0.0209. The van der Waals surface area contributed by atoms with E-state index >= 15 is 0 Å². The van der Waals surface area contributed by atoms with Crippen molar-refractivity contribution in [3.8, 4) is 5.75 Å². The SMILES string of the molecule is CCOc1ccccc1S(=O)(=O)NC(=O)C1CCC2(CCC2)OC1. The standard InChI is InChI=1S/C17H23NO5S/c1-2-22-14-6-3-4-7-15(14)24(20,21)18-16(19)13-8-11-17(23-12-13)9-5-10-17/h3-4,6-7,13H,2,5,8-12H2,1H3,(H,18,19). The van der Waals surface area contributed by atoms with Gasteiger partial charge in [0.15, 0.2) is 0 Å². The highest BCUT2D eigenvalue weighted by molar-refractivity contribution is 7.90. The van der Waals surface area contributed by atoms with Gasteiger partial charge in [-0.1, -0.05) is 12.1 Å². The molecule has 2 aliphatic rings. The smallest absolute Gasteiger partial charge is 0.267 e. The Morgan fingerprint density at radius 3 is 2.67 bits per heavy atom. The van der Waals surface area contributed by atoms with Crippen LogP contribution in [0, 0.1) is 5.92 Å². The first-order valence-electron chi connectivity index (χ1n) is 8.38. The Hall–Kier alpha value is -1.60. The molecule has 0 radical (unpaired) electrons. The number of rotatable bonds is 5. The van der Waals surface area contributed by atoms with Gasteiger partial charge in [0.2, 0.25) is 5.91 Å². The van der Waals surface area contributed by atoms with Crippen molar-refractivity contribution < 1.29 is 22.7 Å². The molecule has 6 nitrogen and oxygen atoms in total. The average Bonchev–Trinajstić information content (AvgIpc) is 2.54. The highest BCUT2D eigenvalue weighted by Crippen LogP contribution is 2.43. The van der Waals surface area contributed by atoms with Crippen LogP contribution in [0.3, 0.4) is 0 Å². The maximum absolute atomic E-state index is 12.5. The molecule has 1 heterocycles. The van der Waals surface area contributed by atoms with Crippen molar-refractivity contribution >= 4 is 15.9 Å². The molecule has 1 aliphatic heterocycles. The molecule has 0 bridgehead atoms. The average molecular weight is 353 g/mol. The van der Waals surface area contributed by atoms with Crippen LogP contribution in [-0.4, -0.2) is 33.1 Å². The third-order valence-electron chi connectivity index (χ3n) is 4.85. The third kappa shape index (κ3) is 3.42. The number of nitrogens with one attached hydrogen (secondary N) is 1. The van der Waals surface area contributed by atoms with Gasteiger partial charge in [-0.05, 0) is 51.2 Å². The van der Waals surface area contributed by atoms with Crippen LogP contribution in [-0.2, 0) is 19.6 Å². The van der Waals surface area contributed by atoms with Gasteiger partial charge in [0.1, 0.15) is 10.6 Å². The molecule has 3 rings (SSSR count). The summed E-state index contributed by atoms with van der Waals surface area (Å²) < 4.78 is 38.4. The van der Waals surface area contributed by atoms with Gasteiger partial charge in [0.25, 0.3) is 10.0 Å². The summed E-state index contributed by atoms with van der Waals surface area (Å²) in [5, 5.41) is 0. The van der Waals surface area contributed by atoms with Crippen LogP contribution in [0.2, 0.25) is 0 Å². The zero-order chi connectivity index (χ0) is 17.2. The van der Waals surface area contributed by atoms with Crippen LogP contribution in [0.15, 0.2) is 29.2 Å². The van der Waals surface area contributed by atoms with Crippen LogP contribution in [0.1, 0.15) is 39.0 Å². The van der Waals surface area contributed by atoms with Crippen molar-refractivity contribution in [3.63, 3.8) is 0 Å². The summed E-state index contributed by atoms with van der Waals surface area (Å²) in [6, 6.07) is 6.30. The van der Waals surface area contributed by atoms with Crippen LogP contribution < -0.4 is 9.46 Å². The second kappa shape index (κ2) is 6.72. The fourth-order valence-electron chi connectivity index (χ4n) is 3.26. The molecular formula is C17H23NO5S. The zero-order valence-corrected chi connectivity index (χ0v) is 14.6. The van der Waals surface area contributed by atoms with Crippen molar-refractivity contribution in [2.75, 3.05) is 13.2 Å². The number of ether oxygens (including phenoxy) is 2. The zero-order valence-electron chi connectivity index (χ0n) is 13.8. The molecule has 1 aliphatic carbocycles. The van der Waals surface area contributed by atoms with Gasteiger partial charge in [-0.25, -0.2) is 13.1 Å². The van der Waals surface area contributed by atoms with E-state index in [2.05, 4.69) is 4.72 Å². The Balaban J connectivity index is 1.67. The van der Waals surface area contributed by atoms with Crippen LogP contribution >= 0.6 is 0 Å². The molecule has 7 heteroatoms. The lowest BCUT2D eigenvalue weighted by molar-refractivity contribution is -0.156. The van der Waals surface area contributed by atoms with Gasteiger partial charge in [-0.2, -0.15) is 0 Å². The molecule has 1 aromatic carbocycles. The predicted molar refractivity (Wildman–Crippen MR) is 88.2 cm³/mol. The number of para-hydroxylation sites is 1. The van der Waals surface area contributed by atoms with Gasteiger partial charge in [-0.3, -0.25) is 4.79 Å². The maximum Gasteiger partial charge on any atom is 0.267 e. The van der Waals surface area contributed by atoms with Gasteiger partial charge >= 0.3 is 0 Å². The summed E-state index contributed by atoms with van der Waals surface area (Å²) in [5.74, 6) is -0.686. The van der Waals surface area contributed by atoms with Gasteiger partial charge in [-0.15, -0.1) is 0 Å². The molecule has 0 aromatic heterocycles. The molecule has 1 spiro atoms. The minimum atomic E-state index is -3.96. The van der Waals surface area contributed by atoms with Crippen LogP contribution in [0.5, 0.6) is 5.75 Å². The third-order valence-corrected chi connectivity index (χ3v) is 6.23. The van der Waals surface area contributed by atoms with Gasteiger partial charge in [0, 0.05) is 0 Å². The number of hydrogen-bond acceptors (Lipinski definition) is 5. The molecule has 1 atom stereocenters. The normalized spacial score (nSPS) is 22.6. The van der Waals surface area contributed by atoms with Crippen molar-refractivity contribution in [2.24, 2.45) is 5.92 Å². The summed E-state index contributed by atoms with van der Waals surface area (Å²) in [6.45, 7) is 2.41. The van der Waals surface area contributed by atoms with E-state index in [0.717, 1.165) is 19.3 Å². The largest absolute Gasteiger partial charge is 0.492 e. The molecule has 1 N–H and O–H groups in total. The molecule has 2 fully saturated rings. The maximum atomic E-state index is 12.5. The summed E-state index contributed by atoms with van der Waals surface area (Å²) >= 11 is 0. The van der Waals surface area contributed by atoms with E-state index in [4.69, 9.17) is 9.47 Å². The summed E-state index contributed by atoms with van der Waals surface area (Å²) in [6.07, 6.45) is 4.73. The molecule has 24 heavy (non-hydrogen) atoms. The van der Waals surface area contributed by atoms with Gasteiger partial charge < -0.3 is 9.47 Å². The van der Waals surface area contributed by atoms with E-state index in [9.17, 15) is 13.2 Å². The molecule has 1 saturated heterocycles. The summed E-state index contributed by atoms with van der Waals surface area (Å²) in [7, 11) is -3.96. The molecular weight excluding hydrogens is 330 g/mol. The quantitative estimate of drug-likeness (QED) is 0.878. The summed E-state index contributed by atoms with van der Waals surface area (Å²) in [4.78, 5) is 12.3. The number of carbonyl (C=O) groups is 1. The molecule has 1 saturated carbocycles. The van der Waals surface area contributed by atoms with E-state index in [-0.39, 0.29) is 22.9 Å². The molecule has 1 aromatic rings. The Morgan fingerprint density at radius 2 is 2.08 bits per heavy atom. The Labute approximate surface area is 142 Å². The van der Waals surface area contributed by atoms with E-state index in [1.54, 1.807) is 25.1 Å². The fraction of sp³-hybridized carbons (Fsp3) is 0.588. The lowest BCUT2D eigenvalue weighted by Crippen LogP contribution is -2.48. The first-order valence-corrected chi connectivity index (χ1v) is 9.86. The number of amides is 1. The first kappa shape index (κ1) is 17.2. The highest BCUT2D eigenvalue weighted by Gasteiger charge is 2.43. The predicted octanol–water partition coefficient (Wildman–Crippen LogP) is 2.24.